The van der Waals surface area contributed by atoms with Gasteiger partial charge in [0.05, 0.1) is 13.7 Å². The Morgan fingerprint density at radius 2 is 2.13 bits per heavy atom. The van der Waals surface area contributed by atoms with Gasteiger partial charge in [0, 0.05) is 6.54 Å². The third kappa shape index (κ3) is 3.42. The first kappa shape index (κ1) is 11.8. The molecule has 4 heteroatoms. The maximum Gasteiger partial charge on any atom is 0.161 e. The summed E-state index contributed by atoms with van der Waals surface area (Å²) in [6.07, 6.45) is 0. The first-order chi connectivity index (χ1) is 7.31. The molecule has 4 nitrogen and oxygen atoms in total. The maximum absolute atomic E-state index is 8.65. The van der Waals surface area contributed by atoms with Crippen molar-refractivity contribution in [3.63, 3.8) is 0 Å². The molecule has 0 aliphatic carbocycles. The quantitative estimate of drug-likeness (QED) is 0.730. The van der Waals surface area contributed by atoms with E-state index in [4.69, 9.17) is 14.6 Å². The van der Waals surface area contributed by atoms with Gasteiger partial charge in [-0.1, -0.05) is 6.07 Å². The summed E-state index contributed by atoms with van der Waals surface area (Å²) in [5.41, 5.74) is 1.13. The van der Waals surface area contributed by atoms with Crippen LogP contribution in [0.15, 0.2) is 18.2 Å². The zero-order valence-corrected chi connectivity index (χ0v) is 9.12. The zero-order chi connectivity index (χ0) is 11.1. The fourth-order valence-electron chi connectivity index (χ4n) is 1.30. The highest BCUT2D eigenvalue weighted by molar-refractivity contribution is 5.42. The highest BCUT2D eigenvalue weighted by Crippen LogP contribution is 2.27. The summed E-state index contributed by atoms with van der Waals surface area (Å²) >= 11 is 0. The van der Waals surface area contributed by atoms with Crippen LogP contribution >= 0.6 is 0 Å². The van der Waals surface area contributed by atoms with Gasteiger partial charge in [0.2, 0.25) is 0 Å². The van der Waals surface area contributed by atoms with Crippen LogP contribution < -0.4 is 14.8 Å². The van der Waals surface area contributed by atoms with Crippen molar-refractivity contribution in [2.24, 2.45) is 0 Å². The van der Waals surface area contributed by atoms with Crippen LogP contribution in [-0.4, -0.2) is 32.5 Å². The monoisotopic (exact) mass is 211 g/mol. The second kappa shape index (κ2) is 6.27. The molecule has 0 aromatic heterocycles. The lowest BCUT2D eigenvalue weighted by Crippen LogP contribution is -2.06. The van der Waals surface area contributed by atoms with E-state index in [9.17, 15) is 0 Å². The number of methoxy groups -OCH3 is 1. The molecule has 0 saturated carbocycles. The molecule has 0 heterocycles. The summed E-state index contributed by atoms with van der Waals surface area (Å²) in [6, 6.07) is 5.73. The highest BCUT2D eigenvalue weighted by Gasteiger charge is 2.04. The van der Waals surface area contributed by atoms with Crippen molar-refractivity contribution in [3.05, 3.63) is 23.8 Å². The summed E-state index contributed by atoms with van der Waals surface area (Å²) < 4.78 is 10.5. The van der Waals surface area contributed by atoms with Crippen molar-refractivity contribution < 1.29 is 14.6 Å². The van der Waals surface area contributed by atoms with E-state index in [2.05, 4.69) is 5.32 Å². The number of hydrogen-bond donors (Lipinski definition) is 2. The Morgan fingerprint density at radius 3 is 2.73 bits per heavy atom. The third-order valence-corrected chi connectivity index (χ3v) is 1.96. The Morgan fingerprint density at radius 1 is 1.33 bits per heavy atom. The summed E-state index contributed by atoms with van der Waals surface area (Å²) in [7, 11) is 3.49. The Hall–Kier alpha value is -1.26. The van der Waals surface area contributed by atoms with Crippen molar-refractivity contribution in [1.29, 1.82) is 0 Å². The number of benzene rings is 1. The molecule has 0 saturated heterocycles. The molecule has 84 valence electrons. The van der Waals surface area contributed by atoms with Crippen LogP contribution in [0.5, 0.6) is 11.5 Å². The maximum atomic E-state index is 8.65. The standard InChI is InChI=1S/C11H17NO3/c1-12-8-9-3-4-10(15-6-5-13)11(7-9)14-2/h3-4,7,12-13H,5-6,8H2,1-2H3. The number of aliphatic hydroxyl groups excluding tert-OH is 1. The van der Waals surface area contributed by atoms with Crippen LogP contribution in [0.1, 0.15) is 5.56 Å². The van der Waals surface area contributed by atoms with E-state index < -0.39 is 0 Å². The molecule has 1 rings (SSSR count). The van der Waals surface area contributed by atoms with E-state index in [0.29, 0.717) is 11.5 Å². The fraction of sp³-hybridized carbons (Fsp3) is 0.455. The minimum absolute atomic E-state index is 0.00141. The number of rotatable bonds is 6. The smallest absolute Gasteiger partial charge is 0.161 e. The van der Waals surface area contributed by atoms with Crippen molar-refractivity contribution >= 4 is 0 Å². The van der Waals surface area contributed by atoms with Gasteiger partial charge >= 0.3 is 0 Å². The van der Waals surface area contributed by atoms with Gasteiger partial charge in [-0.3, -0.25) is 0 Å². The predicted octanol–water partition coefficient (Wildman–Crippen LogP) is 0.786. The lowest BCUT2D eigenvalue weighted by Gasteiger charge is -2.11. The summed E-state index contributed by atoms with van der Waals surface area (Å²) in [6.45, 7) is 1.07. The van der Waals surface area contributed by atoms with Crippen LogP contribution in [0.25, 0.3) is 0 Å². The van der Waals surface area contributed by atoms with Crippen LogP contribution in [0.2, 0.25) is 0 Å². The van der Waals surface area contributed by atoms with Gasteiger partial charge in [-0.05, 0) is 24.7 Å². The lowest BCUT2D eigenvalue weighted by molar-refractivity contribution is 0.196. The second-order valence-corrected chi connectivity index (χ2v) is 3.09. The van der Waals surface area contributed by atoms with Gasteiger partial charge in [-0.2, -0.15) is 0 Å². The largest absolute Gasteiger partial charge is 0.493 e. The fourth-order valence-corrected chi connectivity index (χ4v) is 1.30. The van der Waals surface area contributed by atoms with Gasteiger partial charge in [0.25, 0.3) is 0 Å². The molecule has 0 aliphatic heterocycles. The molecule has 15 heavy (non-hydrogen) atoms. The SMILES string of the molecule is CNCc1ccc(OCCO)c(OC)c1. The normalized spacial score (nSPS) is 10.1. The molecular formula is C11H17NO3. The zero-order valence-electron chi connectivity index (χ0n) is 9.12. The van der Waals surface area contributed by atoms with Crippen LogP contribution in [0, 0.1) is 0 Å². The molecule has 0 radical (unpaired) electrons. The van der Waals surface area contributed by atoms with E-state index in [1.807, 2.05) is 25.2 Å². The summed E-state index contributed by atoms with van der Waals surface area (Å²) in [4.78, 5) is 0. The van der Waals surface area contributed by atoms with Crippen LogP contribution in [0.3, 0.4) is 0 Å². The Balaban J connectivity index is 2.78. The Bertz CT molecular complexity index is 302. The van der Waals surface area contributed by atoms with Gasteiger partial charge < -0.3 is 19.9 Å². The molecule has 0 fully saturated rings. The van der Waals surface area contributed by atoms with Gasteiger partial charge in [-0.25, -0.2) is 0 Å². The van der Waals surface area contributed by atoms with Crippen molar-refractivity contribution in [2.75, 3.05) is 27.4 Å². The van der Waals surface area contributed by atoms with Crippen LogP contribution in [0.4, 0.5) is 0 Å². The van der Waals surface area contributed by atoms with Crippen molar-refractivity contribution in [1.82, 2.24) is 5.32 Å². The molecule has 0 aliphatic rings. The first-order valence-electron chi connectivity index (χ1n) is 4.87. The second-order valence-electron chi connectivity index (χ2n) is 3.09. The molecule has 0 unspecified atom stereocenters. The first-order valence-corrected chi connectivity index (χ1v) is 4.87. The van der Waals surface area contributed by atoms with Crippen molar-refractivity contribution in [2.45, 2.75) is 6.54 Å². The van der Waals surface area contributed by atoms with E-state index in [1.54, 1.807) is 7.11 Å². The third-order valence-electron chi connectivity index (χ3n) is 1.96. The van der Waals surface area contributed by atoms with Crippen molar-refractivity contribution in [3.8, 4) is 11.5 Å². The summed E-state index contributed by atoms with van der Waals surface area (Å²) in [5, 5.41) is 11.7. The predicted molar refractivity (Wildman–Crippen MR) is 58.3 cm³/mol. The van der Waals surface area contributed by atoms with Gasteiger partial charge in [-0.15, -0.1) is 0 Å². The molecule has 1 aromatic rings. The molecule has 0 atom stereocenters. The number of nitrogens with one attached hydrogen (secondary N) is 1. The topological polar surface area (TPSA) is 50.7 Å². The Labute approximate surface area is 89.8 Å². The molecular weight excluding hydrogens is 194 g/mol. The van der Waals surface area contributed by atoms with E-state index in [1.165, 1.54) is 0 Å². The van der Waals surface area contributed by atoms with Gasteiger partial charge in [0.1, 0.15) is 6.61 Å². The molecule has 0 amide bonds. The summed E-state index contributed by atoms with van der Waals surface area (Å²) in [5.74, 6) is 1.35. The van der Waals surface area contributed by atoms with Gasteiger partial charge in [0.15, 0.2) is 11.5 Å². The molecule has 1 aromatic carbocycles. The average Bonchev–Trinajstić information content (AvgIpc) is 2.27. The molecule has 0 spiro atoms. The average molecular weight is 211 g/mol. The number of hydrogen-bond acceptors (Lipinski definition) is 4. The minimum Gasteiger partial charge on any atom is -0.493 e. The molecule has 0 bridgehead atoms. The van der Waals surface area contributed by atoms with E-state index >= 15 is 0 Å². The highest BCUT2D eigenvalue weighted by atomic mass is 16.5. The van der Waals surface area contributed by atoms with E-state index in [-0.39, 0.29) is 13.2 Å². The minimum atomic E-state index is 0.00141. The number of aliphatic hydroxyl groups is 1. The van der Waals surface area contributed by atoms with Crippen LogP contribution in [-0.2, 0) is 6.54 Å². The number of ether oxygens (including phenoxy) is 2. The van der Waals surface area contributed by atoms with E-state index in [0.717, 1.165) is 12.1 Å². The lowest BCUT2D eigenvalue weighted by atomic mass is 10.2. The Kier molecular flexibility index (Phi) is 4.93. The molecule has 2 N–H and O–H groups in total.